The first kappa shape index (κ1) is 41.0. The summed E-state index contributed by atoms with van der Waals surface area (Å²) in [7, 11) is 0. The first-order chi connectivity index (χ1) is 26.4. The molecule has 2 heterocycles. The SMILES string of the molecule is NCC(=O)N[C@@H](Cc1cnc[nH]1)C(=O)N[C@@H](Cc1ccccc1)C(=O)N[C@@H](CCCN=C(N)N)C(=O)N[C@@H](Cc1c[nH]c2ccccc12)C(=O)NCC(=O)O. The number of nitrogens with one attached hydrogen (secondary N) is 7. The van der Waals surface area contributed by atoms with Gasteiger partial charge in [0.15, 0.2) is 5.96 Å². The van der Waals surface area contributed by atoms with Crippen LogP contribution in [0.5, 0.6) is 0 Å². The zero-order valence-corrected chi connectivity index (χ0v) is 29.9. The van der Waals surface area contributed by atoms with Crippen molar-refractivity contribution >= 4 is 52.4 Å². The number of aromatic amines is 2. The molecule has 4 atom stereocenters. The number of carboxylic acid groups (broad SMARTS) is 1. The van der Waals surface area contributed by atoms with Crippen molar-refractivity contribution in [2.75, 3.05) is 19.6 Å². The smallest absolute Gasteiger partial charge is 0.322 e. The van der Waals surface area contributed by atoms with Crippen molar-refractivity contribution in [1.82, 2.24) is 41.5 Å². The summed E-state index contributed by atoms with van der Waals surface area (Å²) in [5.41, 5.74) is 19.1. The average Bonchev–Trinajstić information content (AvgIpc) is 3.84. The Morgan fingerprint density at radius 3 is 2.05 bits per heavy atom. The number of aromatic nitrogens is 3. The number of H-pyrrole nitrogens is 2. The molecular weight excluding hydrogens is 712 g/mol. The molecule has 19 heteroatoms. The van der Waals surface area contributed by atoms with Crippen LogP contribution in [0.1, 0.15) is 29.7 Å². The standard InChI is InChI=1S/C36H46N12O7/c37-16-30(49)45-29(15-23-18-40-20-44-23)35(55)47-27(13-21-7-2-1-3-8-21)34(54)46-26(11-6-12-41-36(38)39)33(53)48-28(32(52)43-19-31(50)51)14-22-17-42-25-10-5-4-9-24(22)25/h1-5,7-10,17-18,20,26-29,42H,6,11-16,19,37H2,(H,40,44)(H,43,52)(H,45,49)(H,46,54)(H,47,55)(H,48,53)(H,50,51)(H4,38,39,41)/t26-,27-,28-,29-/m0/s1. The lowest BCUT2D eigenvalue weighted by molar-refractivity contribution is -0.138. The Balaban J connectivity index is 1.60. The fourth-order valence-corrected chi connectivity index (χ4v) is 5.74. The molecule has 0 aliphatic rings. The minimum Gasteiger partial charge on any atom is -0.480 e. The van der Waals surface area contributed by atoms with Crippen molar-refractivity contribution in [2.45, 2.75) is 56.3 Å². The molecule has 292 valence electrons. The van der Waals surface area contributed by atoms with Gasteiger partial charge >= 0.3 is 5.97 Å². The van der Waals surface area contributed by atoms with E-state index in [-0.39, 0.29) is 51.2 Å². The number of hydrogen-bond donors (Lipinski definition) is 11. The molecule has 2 aromatic heterocycles. The molecule has 14 N–H and O–H groups in total. The predicted molar refractivity (Wildman–Crippen MR) is 202 cm³/mol. The number of aliphatic imine (C=N–C) groups is 1. The van der Waals surface area contributed by atoms with Crippen LogP contribution in [0.15, 0.2) is 78.3 Å². The number of fused-ring (bicyclic) bond motifs is 1. The van der Waals surface area contributed by atoms with E-state index >= 15 is 0 Å². The van der Waals surface area contributed by atoms with Crippen molar-refractivity contribution in [2.24, 2.45) is 22.2 Å². The third kappa shape index (κ3) is 13.0. The number of nitrogens with zero attached hydrogens (tertiary/aromatic N) is 2. The number of carboxylic acids is 1. The summed E-state index contributed by atoms with van der Waals surface area (Å²) >= 11 is 0. The summed E-state index contributed by atoms with van der Waals surface area (Å²) in [6, 6.07) is 11.2. The van der Waals surface area contributed by atoms with Crippen LogP contribution in [0, 0.1) is 0 Å². The van der Waals surface area contributed by atoms with Crippen LogP contribution in [0.25, 0.3) is 10.9 Å². The topological polar surface area (TPSA) is 318 Å². The van der Waals surface area contributed by atoms with E-state index in [1.807, 2.05) is 24.3 Å². The van der Waals surface area contributed by atoms with Crippen LogP contribution in [-0.2, 0) is 48.0 Å². The summed E-state index contributed by atoms with van der Waals surface area (Å²) in [6.07, 6.45) is 4.82. The number of rotatable bonds is 21. The van der Waals surface area contributed by atoms with Crippen LogP contribution >= 0.6 is 0 Å². The molecule has 19 nitrogen and oxygen atoms in total. The lowest BCUT2D eigenvalue weighted by Crippen LogP contribution is -2.59. The van der Waals surface area contributed by atoms with Crippen molar-refractivity contribution in [3.05, 3.63) is 90.1 Å². The second kappa shape index (κ2) is 20.5. The monoisotopic (exact) mass is 758 g/mol. The Morgan fingerprint density at radius 2 is 1.40 bits per heavy atom. The summed E-state index contributed by atoms with van der Waals surface area (Å²) in [4.78, 5) is 92.6. The van der Waals surface area contributed by atoms with Gasteiger partial charge in [-0.15, -0.1) is 0 Å². The molecule has 0 saturated carbocycles. The maximum Gasteiger partial charge on any atom is 0.322 e. The van der Waals surface area contributed by atoms with Gasteiger partial charge in [-0.1, -0.05) is 48.5 Å². The van der Waals surface area contributed by atoms with Gasteiger partial charge in [0.25, 0.3) is 0 Å². The van der Waals surface area contributed by atoms with Crippen LogP contribution in [0.3, 0.4) is 0 Å². The molecule has 0 bridgehead atoms. The van der Waals surface area contributed by atoms with Crippen LogP contribution in [-0.4, -0.2) is 105 Å². The number of amides is 5. The summed E-state index contributed by atoms with van der Waals surface area (Å²) in [5, 5.41) is 23.0. The normalized spacial score (nSPS) is 13.0. The Labute approximate surface area is 315 Å². The number of guanidine groups is 1. The molecule has 4 rings (SSSR count). The van der Waals surface area contributed by atoms with E-state index < -0.39 is 66.2 Å². The molecule has 5 amide bonds. The quantitative estimate of drug-likeness (QED) is 0.0253. The number of imidazole rings is 1. The van der Waals surface area contributed by atoms with Gasteiger partial charge in [-0.25, -0.2) is 4.98 Å². The first-order valence-electron chi connectivity index (χ1n) is 17.4. The maximum atomic E-state index is 14.1. The minimum atomic E-state index is -1.28. The number of carbonyl (C=O) groups is 6. The Morgan fingerprint density at radius 1 is 0.764 bits per heavy atom. The highest BCUT2D eigenvalue weighted by atomic mass is 16.4. The third-order valence-corrected chi connectivity index (χ3v) is 8.46. The zero-order valence-electron chi connectivity index (χ0n) is 29.9. The number of benzene rings is 2. The molecule has 0 radical (unpaired) electrons. The van der Waals surface area contributed by atoms with Gasteiger partial charge in [-0.05, 0) is 30.0 Å². The first-order valence-corrected chi connectivity index (χ1v) is 17.4. The van der Waals surface area contributed by atoms with Crippen molar-refractivity contribution < 1.29 is 33.9 Å². The van der Waals surface area contributed by atoms with Gasteiger partial charge < -0.3 is 58.9 Å². The van der Waals surface area contributed by atoms with E-state index in [9.17, 15) is 33.9 Å². The van der Waals surface area contributed by atoms with Crippen LogP contribution < -0.4 is 43.8 Å². The molecule has 55 heavy (non-hydrogen) atoms. The predicted octanol–water partition coefficient (Wildman–Crippen LogP) is -1.93. The van der Waals surface area contributed by atoms with Gasteiger partial charge in [0, 0.05) is 54.8 Å². The molecular formula is C36H46N12O7. The van der Waals surface area contributed by atoms with Gasteiger partial charge in [0.1, 0.15) is 30.7 Å². The molecule has 0 fully saturated rings. The Hall–Kier alpha value is -6.76. The fourth-order valence-electron chi connectivity index (χ4n) is 5.74. The van der Waals surface area contributed by atoms with E-state index in [2.05, 4.69) is 46.5 Å². The van der Waals surface area contributed by atoms with Crippen molar-refractivity contribution in [3.63, 3.8) is 0 Å². The molecule has 0 spiro atoms. The molecule has 4 aromatic rings. The summed E-state index contributed by atoms with van der Waals surface area (Å²) in [5.74, 6) is -5.01. The highest BCUT2D eigenvalue weighted by Crippen LogP contribution is 2.19. The number of hydrogen-bond acceptors (Lipinski definition) is 9. The zero-order chi connectivity index (χ0) is 39.7. The van der Waals surface area contributed by atoms with Gasteiger partial charge in [0.2, 0.25) is 29.5 Å². The van der Waals surface area contributed by atoms with Crippen molar-refractivity contribution in [1.29, 1.82) is 0 Å². The third-order valence-electron chi connectivity index (χ3n) is 8.46. The molecule has 0 saturated heterocycles. The van der Waals surface area contributed by atoms with E-state index in [4.69, 9.17) is 17.2 Å². The highest BCUT2D eigenvalue weighted by molar-refractivity contribution is 5.96. The molecule has 2 aromatic carbocycles. The summed E-state index contributed by atoms with van der Waals surface area (Å²) in [6.45, 7) is -0.959. The molecule has 0 aliphatic heterocycles. The summed E-state index contributed by atoms with van der Waals surface area (Å²) < 4.78 is 0. The number of aliphatic carboxylic acids is 1. The maximum absolute atomic E-state index is 14.1. The van der Waals surface area contributed by atoms with E-state index in [0.29, 0.717) is 16.8 Å². The van der Waals surface area contributed by atoms with Gasteiger partial charge in [0.05, 0.1) is 12.9 Å². The fraction of sp³-hybridized carbons (Fsp3) is 0.333. The average molecular weight is 759 g/mol. The van der Waals surface area contributed by atoms with Gasteiger partial charge in [-0.3, -0.25) is 33.8 Å². The van der Waals surface area contributed by atoms with E-state index in [0.717, 1.165) is 10.9 Å². The lowest BCUT2D eigenvalue weighted by Gasteiger charge is -2.26. The number of para-hydroxylation sites is 1. The van der Waals surface area contributed by atoms with E-state index in [1.165, 1.54) is 12.5 Å². The molecule has 0 unspecified atom stereocenters. The second-order valence-electron chi connectivity index (χ2n) is 12.6. The largest absolute Gasteiger partial charge is 0.480 e. The van der Waals surface area contributed by atoms with E-state index in [1.54, 1.807) is 36.5 Å². The highest BCUT2D eigenvalue weighted by Gasteiger charge is 2.32. The number of carbonyl (C=O) groups excluding carboxylic acids is 5. The van der Waals surface area contributed by atoms with Crippen molar-refractivity contribution in [3.8, 4) is 0 Å². The molecule has 0 aliphatic carbocycles. The lowest BCUT2D eigenvalue weighted by atomic mass is 10.0. The minimum absolute atomic E-state index is 0.00312. The van der Waals surface area contributed by atoms with Crippen LogP contribution in [0.2, 0.25) is 0 Å². The Kier molecular flexibility index (Phi) is 15.3. The van der Waals surface area contributed by atoms with Gasteiger partial charge in [-0.2, -0.15) is 0 Å². The Bertz CT molecular complexity index is 1940. The van der Waals surface area contributed by atoms with Crippen LogP contribution in [0.4, 0.5) is 0 Å². The number of nitrogens with two attached hydrogens (primary N) is 3. The second-order valence-corrected chi connectivity index (χ2v) is 12.6.